The van der Waals surface area contributed by atoms with Crippen LogP contribution in [0.2, 0.25) is 0 Å². The van der Waals surface area contributed by atoms with Crippen LogP contribution in [0.1, 0.15) is 17.7 Å². The Morgan fingerprint density at radius 2 is 2.20 bits per heavy atom. The molecule has 1 aromatic heterocycles. The lowest BCUT2D eigenvalue weighted by Gasteiger charge is -2.16. The molecule has 15 heavy (non-hydrogen) atoms. The highest BCUT2D eigenvalue weighted by Crippen LogP contribution is 2.29. The molecule has 3 heteroatoms. The van der Waals surface area contributed by atoms with Gasteiger partial charge in [-0.1, -0.05) is 12.1 Å². The Morgan fingerprint density at radius 3 is 2.67 bits per heavy atom. The first kappa shape index (κ1) is 11.5. The topological polar surface area (TPSA) is 47.6 Å². The predicted molar refractivity (Wildman–Crippen MR) is 61.1 cm³/mol. The third kappa shape index (κ3) is 2.94. The number of rotatable bonds is 5. The molecule has 0 saturated heterocycles. The average Bonchev–Trinajstić information content (AvgIpc) is 2.77. The van der Waals surface area contributed by atoms with Crippen molar-refractivity contribution in [2.24, 2.45) is 5.41 Å². The minimum atomic E-state index is -0.890. The van der Waals surface area contributed by atoms with E-state index in [9.17, 15) is 0 Å². The van der Waals surface area contributed by atoms with E-state index >= 15 is 0 Å². The van der Waals surface area contributed by atoms with Crippen molar-refractivity contribution in [1.82, 2.24) is 0 Å². The van der Waals surface area contributed by atoms with Crippen molar-refractivity contribution in [3.8, 4) is 12.1 Å². The summed E-state index contributed by atoms with van der Waals surface area (Å²) in [6.07, 6.45) is 3.53. The lowest BCUT2D eigenvalue weighted by molar-refractivity contribution is 0.482. The predicted octanol–water partition coefficient (Wildman–Crippen LogP) is 3.29. The molecule has 0 fully saturated rings. The molecule has 1 rings (SSSR count). The van der Waals surface area contributed by atoms with E-state index in [1.165, 1.54) is 0 Å². The SMILES string of the molecule is C=CCCC(C#N)(C#N)Cc1cccs1. The second-order valence-electron chi connectivity index (χ2n) is 3.39. The monoisotopic (exact) mass is 216 g/mol. The largest absolute Gasteiger partial charge is 0.197 e. The molecule has 0 bridgehead atoms. The summed E-state index contributed by atoms with van der Waals surface area (Å²) in [4.78, 5) is 1.09. The number of thiophene rings is 1. The summed E-state index contributed by atoms with van der Waals surface area (Å²) in [6, 6.07) is 8.17. The maximum absolute atomic E-state index is 9.10. The summed E-state index contributed by atoms with van der Waals surface area (Å²) >= 11 is 1.59. The number of nitrogens with zero attached hydrogens (tertiary/aromatic N) is 2. The maximum atomic E-state index is 9.10. The van der Waals surface area contributed by atoms with Crippen LogP contribution < -0.4 is 0 Å². The van der Waals surface area contributed by atoms with Crippen molar-refractivity contribution < 1.29 is 0 Å². The zero-order valence-electron chi connectivity index (χ0n) is 8.44. The van der Waals surface area contributed by atoms with Gasteiger partial charge in [-0.05, 0) is 24.3 Å². The van der Waals surface area contributed by atoms with Gasteiger partial charge in [0.05, 0.1) is 12.1 Å². The average molecular weight is 216 g/mol. The number of nitriles is 2. The molecule has 0 radical (unpaired) electrons. The molecule has 76 valence electrons. The van der Waals surface area contributed by atoms with Gasteiger partial charge >= 0.3 is 0 Å². The van der Waals surface area contributed by atoms with Crippen LogP contribution in [-0.4, -0.2) is 0 Å². The molecular formula is C12H12N2S. The summed E-state index contributed by atoms with van der Waals surface area (Å²) in [5.41, 5.74) is -0.890. The van der Waals surface area contributed by atoms with Crippen LogP contribution in [0.4, 0.5) is 0 Å². The highest BCUT2D eigenvalue weighted by molar-refractivity contribution is 7.09. The van der Waals surface area contributed by atoms with Crippen LogP contribution in [0.3, 0.4) is 0 Å². The Bertz CT molecular complexity index is 378. The van der Waals surface area contributed by atoms with Gasteiger partial charge in [0.25, 0.3) is 0 Å². The molecule has 0 aliphatic rings. The maximum Gasteiger partial charge on any atom is 0.148 e. The first-order valence-electron chi connectivity index (χ1n) is 4.72. The van der Waals surface area contributed by atoms with E-state index in [0.29, 0.717) is 19.3 Å². The van der Waals surface area contributed by atoms with Gasteiger partial charge in [-0.25, -0.2) is 0 Å². The number of hydrogen-bond donors (Lipinski definition) is 0. The summed E-state index contributed by atoms with van der Waals surface area (Å²) in [6.45, 7) is 3.61. The molecule has 2 nitrogen and oxygen atoms in total. The van der Waals surface area contributed by atoms with Gasteiger partial charge in [-0.15, -0.1) is 17.9 Å². The van der Waals surface area contributed by atoms with E-state index in [2.05, 4.69) is 18.7 Å². The smallest absolute Gasteiger partial charge is 0.148 e. The van der Waals surface area contributed by atoms with Gasteiger partial charge < -0.3 is 0 Å². The Labute approximate surface area is 94.1 Å². The summed E-state index contributed by atoms with van der Waals surface area (Å²) in [5.74, 6) is 0. The van der Waals surface area contributed by atoms with Crippen molar-refractivity contribution in [2.75, 3.05) is 0 Å². The Balaban J connectivity index is 2.79. The fourth-order valence-corrected chi connectivity index (χ4v) is 2.18. The zero-order chi connectivity index (χ0) is 11.1. The quantitative estimate of drug-likeness (QED) is 0.709. The Hall–Kier alpha value is -1.58. The lowest BCUT2D eigenvalue weighted by atomic mass is 9.82. The molecule has 0 spiro atoms. The molecule has 0 unspecified atom stereocenters. The van der Waals surface area contributed by atoms with Crippen LogP contribution in [-0.2, 0) is 6.42 Å². The van der Waals surface area contributed by atoms with Crippen LogP contribution in [0.15, 0.2) is 30.2 Å². The molecule has 0 saturated carbocycles. The van der Waals surface area contributed by atoms with Gasteiger partial charge in [-0.3, -0.25) is 0 Å². The normalized spacial score (nSPS) is 10.3. The first-order valence-corrected chi connectivity index (χ1v) is 5.60. The lowest BCUT2D eigenvalue weighted by Crippen LogP contribution is -2.18. The molecule has 0 atom stereocenters. The second-order valence-corrected chi connectivity index (χ2v) is 4.42. The zero-order valence-corrected chi connectivity index (χ0v) is 9.26. The number of hydrogen-bond acceptors (Lipinski definition) is 3. The van der Waals surface area contributed by atoms with Gasteiger partial charge in [0.2, 0.25) is 0 Å². The molecule has 0 amide bonds. The van der Waals surface area contributed by atoms with Gasteiger partial charge in [0.1, 0.15) is 5.41 Å². The third-order valence-electron chi connectivity index (χ3n) is 2.26. The van der Waals surface area contributed by atoms with E-state index in [1.54, 1.807) is 17.4 Å². The molecule has 0 N–H and O–H groups in total. The number of allylic oxidation sites excluding steroid dienone is 1. The fourth-order valence-electron chi connectivity index (χ4n) is 1.36. The molecular weight excluding hydrogens is 204 g/mol. The van der Waals surface area contributed by atoms with Gasteiger partial charge in [-0.2, -0.15) is 10.5 Å². The molecule has 1 heterocycles. The molecule has 0 aliphatic heterocycles. The van der Waals surface area contributed by atoms with E-state index in [4.69, 9.17) is 10.5 Å². The van der Waals surface area contributed by atoms with Crippen molar-refractivity contribution in [2.45, 2.75) is 19.3 Å². The Kier molecular flexibility index (Phi) is 4.09. The Morgan fingerprint density at radius 1 is 1.47 bits per heavy atom. The van der Waals surface area contributed by atoms with Crippen LogP contribution in [0.25, 0.3) is 0 Å². The van der Waals surface area contributed by atoms with E-state index in [0.717, 1.165) is 4.88 Å². The van der Waals surface area contributed by atoms with Gasteiger partial charge in [0.15, 0.2) is 0 Å². The minimum Gasteiger partial charge on any atom is -0.197 e. The first-order chi connectivity index (χ1) is 7.26. The summed E-state index contributed by atoms with van der Waals surface area (Å²) in [5, 5.41) is 20.2. The van der Waals surface area contributed by atoms with E-state index in [-0.39, 0.29) is 0 Å². The van der Waals surface area contributed by atoms with Crippen molar-refractivity contribution >= 4 is 11.3 Å². The van der Waals surface area contributed by atoms with Crippen molar-refractivity contribution in [3.63, 3.8) is 0 Å². The summed E-state index contributed by atoms with van der Waals surface area (Å²) < 4.78 is 0. The van der Waals surface area contributed by atoms with E-state index < -0.39 is 5.41 Å². The molecule has 1 aromatic rings. The summed E-state index contributed by atoms with van der Waals surface area (Å²) in [7, 11) is 0. The van der Waals surface area contributed by atoms with Crippen LogP contribution in [0.5, 0.6) is 0 Å². The minimum absolute atomic E-state index is 0.519. The highest BCUT2D eigenvalue weighted by atomic mass is 32.1. The standard InChI is InChI=1S/C12H12N2S/c1-2-3-6-12(9-13,10-14)8-11-5-4-7-15-11/h2,4-5,7H,1,3,6,8H2. The molecule has 0 aromatic carbocycles. The van der Waals surface area contributed by atoms with Crippen LogP contribution >= 0.6 is 11.3 Å². The molecule has 0 aliphatic carbocycles. The third-order valence-corrected chi connectivity index (χ3v) is 3.14. The van der Waals surface area contributed by atoms with E-state index in [1.807, 2.05) is 17.5 Å². The highest BCUT2D eigenvalue weighted by Gasteiger charge is 2.29. The van der Waals surface area contributed by atoms with Crippen LogP contribution in [0, 0.1) is 28.1 Å². The van der Waals surface area contributed by atoms with Crippen molar-refractivity contribution in [3.05, 3.63) is 35.0 Å². The van der Waals surface area contributed by atoms with Crippen molar-refractivity contribution in [1.29, 1.82) is 10.5 Å². The fraction of sp³-hybridized carbons (Fsp3) is 0.333. The second kappa shape index (κ2) is 5.34. The van der Waals surface area contributed by atoms with Gasteiger partial charge in [0, 0.05) is 11.3 Å².